The second-order valence-electron chi connectivity index (χ2n) is 6.62. The van der Waals surface area contributed by atoms with Crippen LogP contribution in [0.25, 0.3) is 0 Å². The summed E-state index contributed by atoms with van der Waals surface area (Å²) in [5, 5.41) is 8.44. The maximum Gasteiger partial charge on any atom is 0.325 e. The van der Waals surface area contributed by atoms with Gasteiger partial charge in [0.05, 0.1) is 13.2 Å². The highest BCUT2D eigenvalue weighted by molar-refractivity contribution is 6.01. The molecule has 148 valence electrons. The average molecular weight is 382 g/mol. The van der Waals surface area contributed by atoms with E-state index >= 15 is 0 Å². The molecule has 1 aliphatic heterocycles. The number of piperazine rings is 1. The number of urea groups is 1. The van der Waals surface area contributed by atoms with E-state index in [1.54, 1.807) is 19.2 Å². The molecule has 2 aromatic carbocycles. The molecule has 7 heteroatoms. The van der Waals surface area contributed by atoms with E-state index in [1.165, 1.54) is 0 Å². The monoisotopic (exact) mass is 382 g/mol. The van der Waals surface area contributed by atoms with Gasteiger partial charge in [0.1, 0.15) is 5.75 Å². The van der Waals surface area contributed by atoms with Crippen molar-refractivity contribution in [2.24, 2.45) is 0 Å². The third-order valence-electron chi connectivity index (χ3n) is 4.76. The minimum Gasteiger partial charge on any atom is -0.496 e. The van der Waals surface area contributed by atoms with Gasteiger partial charge in [-0.1, -0.05) is 36.4 Å². The Morgan fingerprint density at radius 3 is 2.68 bits per heavy atom. The first-order valence-electron chi connectivity index (χ1n) is 9.41. The standard InChI is InChI=1S/C21H26N4O3/c1-28-19-10-6-5-9-17(19)18-15-22-12-14-25(18)13-11-20(26)24-21(27)23-16-7-3-2-4-8-16/h2-10,18,22H,11-15H2,1H3,(H2,23,24,26,27). The van der Waals surface area contributed by atoms with Crippen molar-refractivity contribution in [3.63, 3.8) is 0 Å². The van der Waals surface area contributed by atoms with Crippen LogP contribution in [-0.2, 0) is 4.79 Å². The van der Waals surface area contributed by atoms with Gasteiger partial charge in [0.25, 0.3) is 0 Å². The summed E-state index contributed by atoms with van der Waals surface area (Å²) >= 11 is 0. The van der Waals surface area contributed by atoms with E-state index in [0.717, 1.165) is 30.9 Å². The molecule has 0 spiro atoms. The van der Waals surface area contributed by atoms with E-state index in [2.05, 4.69) is 26.9 Å². The highest BCUT2D eigenvalue weighted by Crippen LogP contribution is 2.30. The number of hydrogen-bond donors (Lipinski definition) is 3. The Morgan fingerprint density at radius 2 is 1.89 bits per heavy atom. The number of carbonyl (C=O) groups excluding carboxylic acids is 2. The fourth-order valence-electron chi connectivity index (χ4n) is 3.38. The van der Waals surface area contributed by atoms with Crippen molar-refractivity contribution in [3.05, 3.63) is 60.2 Å². The number of nitrogens with zero attached hydrogens (tertiary/aromatic N) is 1. The lowest BCUT2D eigenvalue weighted by atomic mass is 10.0. The Hall–Kier alpha value is -2.90. The van der Waals surface area contributed by atoms with Crippen LogP contribution in [0.5, 0.6) is 5.75 Å². The smallest absolute Gasteiger partial charge is 0.325 e. The number of rotatable bonds is 6. The van der Waals surface area contributed by atoms with Gasteiger partial charge in [-0.2, -0.15) is 0 Å². The third-order valence-corrected chi connectivity index (χ3v) is 4.76. The summed E-state index contributed by atoms with van der Waals surface area (Å²) in [6.07, 6.45) is 0.244. The number of ether oxygens (including phenoxy) is 1. The molecule has 1 aliphatic rings. The second-order valence-corrected chi connectivity index (χ2v) is 6.62. The SMILES string of the molecule is COc1ccccc1C1CNCCN1CCC(=O)NC(=O)Nc1ccccc1. The van der Waals surface area contributed by atoms with Crippen molar-refractivity contribution in [2.75, 3.05) is 38.6 Å². The highest BCUT2D eigenvalue weighted by atomic mass is 16.5. The summed E-state index contributed by atoms with van der Waals surface area (Å²) in [7, 11) is 1.66. The fourth-order valence-corrected chi connectivity index (χ4v) is 3.38. The lowest BCUT2D eigenvalue weighted by Gasteiger charge is -2.36. The maximum absolute atomic E-state index is 12.2. The molecule has 3 rings (SSSR count). The normalized spacial score (nSPS) is 17.0. The molecule has 3 N–H and O–H groups in total. The van der Waals surface area contributed by atoms with Crippen molar-refractivity contribution in [1.82, 2.24) is 15.5 Å². The Kier molecular flexibility index (Phi) is 7.00. The van der Waals surface area contributed by atoms with Gasteiger partial charge in [-0.25, -0.2) is 4.79 Å². The minimum atomic E-state index is -0.516. The van der Waals surface area contributed by atoms with Crippen LogP contribution in [0.3, 0.4) is 0 Å². The van der Waals surface area contributed by atoms with E-state index in [9.17, 15) is 9.59 Å². The summed E-state index contributed by atoms with van der Waals surface area (Å²) in [4.78, 5) is 26.4. The predicted molar refractivity (Wildman–Crippen MR) is 108 cm³/mol. The first-order chi connectivity index (χ1) is 13.7. The zero-order valence-electron chi connectivity index (χ0n) is 16.0. The van der Waals surface area contributed by atoms with Crippen LogP contribution in [-0.4, -0.2) is 50.1 Å². The zero-order valence-corrected chi connectivity index (χ0v) is 16.0. The molecule has 0 aliphatic carbocycles. The van der Waals surface area contributed by atoms with Gasteiger partial charge in [-0.3, -0.25) is 15.0 Å². The number of amides is 3. The molecule has 1 saturated heterocycles. The summed E-state index contributed by atoms with van der Waals surface area (Å²) in [5.74, 6) is 0.540. The van der Waals surface area contributed by atoms with Gasteiger partial charge in [0, 0.05) is 43.9 Å². The summed E-state index contributed by atoms with van der Waals surface area (Å²) in [6, 6.07) is 16.6. The maximum atomic E-state index is 12.2. The van der Waals surface area contributed by atoms with Crippen LogP contribution in [0.2, 0.25) is 0 Å². The summed E-state index contributed by atoms with van der Waals surface area (Å²) in [5.41, 5.74) is 1.74. The van der Waals surface area contributed by atoms with Crippen LogP contribution >= 0.6 is 0 Å². The van der Waals surface area contributed by atoms with Crippen LogP contribution in [0.4, 0.5) is 10.5 Å². The van der Waals surface area contributed by atoms with Crippen molar-refractivity contribution in [3.8, 4) is 5.75 Å². The van der Waals surface area contributed by atoms with Gasteiger partial charge in [-0.05, 0) is 18.2 Å². The van der Waals surface area contributed by atoms with Crippen molar-refractivity contribution < 1.29 is 14.3 Å². The van der Waals surface area contributed by atoms with Crippen molar-refractivity contribution in [1.29, 1.82) is 0 Å². The summed E-state index contributed by atoms with van der Waals surface area (Å²) < 4.78 is 5.50. The average Bonchev–Trinajstić information content (AvgIpc) is 2.73. The first-order valence-corrected chi connectivity index (χ1v) is 9.41. The Balaban J connectivity index is 1.54. The Labute approximate surface area is 165 Å². The number of nitrogens with one attached hydrogen (secondary N) is 3. The number of imide groups is 1. The highest BCUT2D eigenvalue weighted by Gasteiger charge is 2.26. The number of para-hydroxylation sites is 2. The van der Waals surface area contributed by atoms with Crippen LogP contribution < -0.4 is 20.7 Å². The molecule has 7 nitrogen and oxygen atoms in total. The number of hydrogen-bond acceptors (Lipinski definition) is 5. The molecule has 2 aromatic rings. The van der Waals surface area contributed by atoms with Crippen LogP contribution in [0, 0.1) is 0 Å². The molecular weight excluding hydrogens is 356 g/mol. The molecule has 1 heterocycles. The van der Waals surface area contributed by atoms with Gasteiger partial charge >= 0.3 is 6.03 Å². The quantitative estimate of drug-likeness (QED) is 0.715. The number of methoxy groups -OCH3 is 1. The lowest BCUT2D eigenvalue weighted by Crippen LogP contribution is -2.47. The van der Waals surface area contributed by atoms with Crippen molar-refractivity contribution >= 4 is 17.6 Å². The number of carbonyl (C=O) groups is 2. The van der Waals surface area contributed by atoms with E-state index in [4.69, 9.17) is 4.74 Å². The van der Waals surface area contributed by atoms with E-state index in [-0.39, 0.29) is 18.4 Å². The van der Waals surface area contributed by atoms with E-state index < -0.39 is 6.03 Å². The molecule has 0 bridgehead atoms. The molecule has 3 amide bonds. The molecule has 0 radical (unpaired) electrons. The number of benzene rings is 2. The van der Waals surface area contributed by atoms with E-state index in [1.807, 2.05) is 36.4 Å². The van der Waals surface area contributed by atoms with E-state index in [0.29, 0.717) is 12.2 Å². The van der Waals surface area contributed by atoms with Gasteiger partial charge in [0.2, 0.25) is 5.91 Å². The topological polar surface area (TPSA) is 82.7 Å². The van der Waals surface area contributed by atoms with Crippen LogP contribution in [0.15, 0.2) is 54.6 Å². The molecule has 1 atom stereocenters. The lowest BCUT2D eigenvalue weighted by molar-refractivity contribution is -0.120. The molecule has 0 saturated carbocycles. The summed E-state index contributed by atoms with van der Waals surface area (Å²) in [6.45, 7) is 3.04. The van der Waals surface area contributed by atoms with Gasteiger partial charge in [0.15, 0.2) is 0 Å². The van der Waals surface area contributed by atoms with Gasteiger partial charge < -0.3 is 15.4 Å². The second kappa shape index (κ2) is 9.87. The Bertz CT molecular complexity index is 797. The molecule has 28 heavy (non-hydrogen) atoms. The first kappa shape index (κ1) is 19.9. The molecular formula is C21H26N4O3. The third kappa shape index (κ3) is 5.31. The Morgan fingerprint density at radius 1 is 1.14 bits per heavy atom. The molecule has 1 unspecified atom stereocenters. The van der Waals surface area contributed by atoms with Gasteiger partial charge in [-0.15, -0.1) is 0 Å². The molecule has 1 fully saturated rings. The number of anilines is 1. The van der Waals surface area contributed by atoms with Crippen molar-refractivity contribution in [2.45, 2.75) is 12.5 Å². The molecule has 0 aromatic heterocycles. The zero-order chi connectivity index (χ0) is 19.8. The predicted octanol–water partition coefficient (Wildman–Crippen LogP) is 2.38. The van der Waals surface area contributed by atoms with Crippen LogP contribution in [0.1, 0.15) is 18.0 Å². The largest absolute Gasteiger partial charge is 0.496 e. The fraction of sp³-hybridized carbons (Fsp3) is 0.333. The minimum absolute atomic E-state index is 0.121.